The third-order valence-electron chi connectivity index (χ3n) is 6.28. The fraction of sp³-hybridized carbons (Fsp3) is 0.440. The normalized spacial score (nSPS) is 23.4. The Bertz CT molecular complexity index is 935. The molecule has 3 atom stereocenters. The first kappa shape index (κ1) is 22.4. The number of carbonyl (C=O) groups is 2. The summed E-state index contributed by atoms with van der Waals surface area (Å²) < 4.78 is 13.3. The first-order chi connectivity index (χ1) is 15.4. The maximum atomic E-state index is 13.3. The lowest BCUT2D eigenvalue weighted by Gasteiger charge is -2.38. The van der Waals surface area contributed by atoms with Gasteiger partial charge in [-0.3, -0.25) is 14.5 Å². The number of para-hydroxylation sites is 1. The highest BCUT2D eigenvalue weighted by Gasteiger charge is 2.50. The molecule has 2 heterocycles. The predicted octanol–water partition coefficient (Wildman–Crippen LogP) is 2.96. The van der Waals surface area contributed by atoms with E-state index in [9.17, 15) is 14.0 Å². The Hall–Kier alpha value is -2.77. The van der Waals surface area contributed by atoms with Crippen LogP contribution in [0.5, 0.6) is 0 Å². The van der Waals surface area contributed by atoms with Crippen LogP contribution in [0, 0.1) is 23.6 Å². The molecule has 0 aromatic heterocycles. The summed E-state index contributed by atoms with van der Waals surface area (Å²) in [5, 5.41) is 4.66. The van der Waals surface area contributed by atoms with Crippen molar-refractivity contribution >= 4 is 17.5 Å². The number of likely N-dealkylation sites (tertiary alicyclic amines) is 1. The van der Waals surface area contributed by atoms with Crippen LogP contribution >= 0.6 is 0 Å². The number of carbonyl (C=O) groups excluding carboxylic acids is 2. The van der Waals surface area contributed by atoms with Crippen LogP contribution < -0.4 is 15.8 Å². The van der Waals surface area contributed by atoms with Crippen LogP contribution in [0.4, 0.5) is 10.1 Å². The number of hydrogen-bond acceptors (Lipinski definition) is 4. The Morgan fingerprint density at radius 3 is 2.53 bits per heavy atom. The number of rotatable bonds is 7. The SMILES string of the molecule is CC(C)CCNC(=O)C1CN(Cc2ccc(F)cc2)CC2C(=O)N(c3ccccc3)NC12. The largest absolute Gasteiger partial charge is 0.356 e. The highest BCUT2D eigenvalue weighted by atomic mass is 19.1. The summed E-state index contributed by atoms with van der Waals surface area (Å²) >= 11 is 0. The van der Waals surface area contributed by atoms with Crippen molar-refractivity contribution in [2.75, 3.05) is 24.6 Å². The van der Waals surface area contributed by atoms with Crippen LogP contribution in [0.2, 0.25) is 0 Å². The van der Waals surface area contributed by atoms with E-state index in [0.29, 0.717) is 32.1 Å². The lowest BCUT2D eigenvalue weighted by atomic mass is 9.83. The molecule has 0 radical (unpaired) electrons. The quantitative estimate of drug-likeness (QED) is 0.698. The summed E-state index contributed by atoms with van der Waals surface area (Å²) in [6.45, 7) is 6.53. The Morgan fingerprint density at radius 2 is 1.84 bits per heavy atom. The summed E-state index contributed by atoms with van der Waals surface area (Å²) in [4.78, 5) is 28.6. The number of fused-ring (bicyclic) bond motifs is 1. The van der Waals surface area contributed by atoms with Crippen LogP contribution in [0.3, 0.4) is 0 Å². The lowest BCUT2D eigenvalue weighted by Crippen LogP contribution is -2.57. The number of hydrogen-bond donors (Lipinski definition) is 2. The molecule has 6 nitrogen and oxygen atoms in total. The van der Waals surface area contributed by atoms with E-state index < -0.39 is 0 Å². The number of nitrogens with one attached hydrogen (secondary N) is 2. The van der Waals surface area contributed by atoms with E-state index in [1.54, 1.807) is 17.1 Å². The summed E-state index contributed by atoms with van der Waals surface area (Å²) in [5.41, 5.74) is 5.06. The van der Waals surface area contributed by atoms with Crippen LogP contribution in [0.25, 0.3) is 0 Å². The first-order valence-corrected chi connectivity index (χ1v) is 11.3. The number of hydrazine groups is 1. The van der Waals surface area contributed by atoms with Crippen molar-refractivity contribution in [2.24, 2.45) is 17.8 Å². The van der Waals surface area contributed by atoms with Gasteiger partial charge in [0.2, 0.25) is 11.8 Å². The molecule has 2 N–H and O–H groups in total. The zero-order valence-electron chi connectivity index (χ0n) is 18.6. The van der Waals surface area contributed by atoms with Crippen molar-refractivity contribution in [1.82, 2.24) is 15.6 Å². The molecular formula is C25H31FN4O2. The molecule has 0 spiro atoms. The van der Waals surface area contributed by atoms with Crippen molar-refractivity contribution in [1.29, 1.82) is 0 Å². The highest BCUT2D eigenvalue weighted by Crippen LogP contribution is 2.32. The van der Waals surface area contributed by atoms with E-state index in [1.807, 2.05) is 30.3 Å². The van der Waals surface area contributed by atoms with Gasteiger partial charge in [-0.2, -0.15) is 0 Å². The van der Waals surface area contributed by atoms with Gasteiger partial charge in [0, 0.05) is 26.2 Å². The fourth-order valence-corrected chi connectivity index (χ4v) is 4.55. The topological polar surface area (TPSA) is 64.7 Å². The molecule has 4 rings (SSSR count). The van der Waals surface area contributed by atoms with E-state index in [2.05, 4.69) is 29.5 Å². The van der Waals surface area contributed by atoms with Crippen LogP contribution in [0.1, 0.15) is 25.8 Å². The molecule has 2 amide bonds. The van der Waals surface area contributed by atoms with E-state index in [1.165, 1.54) is 12.1 Å². The monoisotopic (exact) mass is 438 g/mol. The van der Waals surface area contributed by atoms with Gasteiger partial charge >= 0.3 is 0 Å². The van der Waals surface area contributed by atoms with Crippen molar-refractivity contribution in [3.8, 4) is 0 Å². The van der Waals surface area contributed by atoms with Crippen molar-refractivity contribution in [2.45, 2.75) is 32.9 Å². The Labute approximate surface area is 188 Å². The van der Waals surface area contributed by atoms with Gasteiger partial charge in [0.1, 0.15) is 5.82 Å². The molecule has 2 fully saturated rings. The molecule has 170 valence electrons. The Balaban J connectivity index is 1.54. The van der Waals surface area contributed by atoms with Gasteiger partial charge in [-0.15, -0.1) is 0 Å². The number of piperidine rings is 1. The van der Waals surface area contributed by atoms with E-state index in [4.69, 9.17) is 0 Å². The molecule has 7 heteroatoms. The number of anilines is 1. The molecule has 0 aliphatic carbocycles. The van der Waals surface area contributed by atoms with Crippen molar-refractivity contribution < 1.29 is 14.0 Å². The Kier molecular flexibility index (Phi) is 6.86. The van der Waals surface area contributed by atoms with Crippen molar-refractivity contribution in [3.05, 3.63) is 66.0 Å². The molecule has 2 aliphatic heterocycles. The molecule has 3 unspecified atom stereocenters. The van der Waals surface area contributed by atoms with E-state index in [-0.39, 0.29) is 35.5 Å². The molecule has 2 aliphatic rings. The molecule has 2 aromatic carbocycles. The van der Waals surface area contributed by atoms with E-state index in [0.717, 1.165) is 17.7 Å². The van der Waals surface area contributed by atoms with Gasteiger partial charge in [-0.05, 0) is 42.2 Å². The molecule has 32 heavy (non-hydrogen) atoms. The second-order valence-corrected chi connectivity index (χ2v) is 9.17. The summed E-state index contributed by atoms with van der Waals surface area (Å²) in [6.07, 6.45) is 0.911. The maximum Gasteiger partial charge on any atom is 0.247 e. The Morgan fingerprint density at radius 1 is 1.12 bits per heavy atom. The molecule has 2 aromatic rings. The third kappa shape index (κ3) is 5.00. The minimum atomic E-state index is -0.362. The smallest absolute Gasteiger partial charge is 0.247 e. The number of amides is 2. The average molecular weight is 439 g/mol. The number of halogens is 1. The average Bonchev–Trinajstić information content (AvgIpc) is 3.11. The van der Waals surface area contributed by atoms with Gasteiger partial charge < -0.3 is 5.32 Å². The number of benzene rings is 2. The van der Waals surface area contributed by atoms with Crippen LogP contribution in [-0.4, -0.2) is 42.4 Å². The van der Waals surface area contributed by atoms with Gasteiger partial charge in [0.25, 0.3) is 0 Å². The molecule has 0 saturated carbocycles. The third-order valence-corrected chi connectivity index (χ3v) is 6.28. The summed E-state index contributed by atoms with van der Waals surface area (Å²) in [7, 11) is 0. The molecular weight excluding hydrogens is 407 g/mol. The second-order valence-electron chi connectivity index (χ2n) is 9.17. The summed E-state index contributed by atoms with van der Waals surface area (Å²) in [6, 6.07) is 15.6. The van der Waals surface area contributed by atoms with Crippen molar-refractivity contribution in [3.63, 3.8) is 0 Å². The standard InChI is InChI=1S/C25H31FN4O2/c1-17(2)12-13-27-24(31)21-15-29(14-18-8-10-19(26)11-9-18)16-22-23(21)28-30(25(22)32)20-6-4-3-5-7-20/h3-11,17,21-23,28H,12-16H2,1-2H3,(H,27,31). The van der Waals surface area contributed by atoms with E-state index >= 15 is 0 Å². The molecule has 0 bridgehead atoms. The highest BCUT2D eigenvalue weighted by molar-refractivity contribution is 5.98. The van der Waals surface area contributed by atoms with Gasteiger partial charge in [0.15, 0.2) is 0 Å². The predicted molar refractivity (Wildman–Crippen MR) is 122 cm³/mol. The zero-order chi connectivity index (χ0) is 22.7. The maximum absolute atomic E-state index is 13.3. The second kappa shape index (κ2) is 9.79. The lowest BCUT2D eigenvalue weighted by molar-refractivity contribution is -0.130. The first-order valence-electron chi connectivity index (χ1n) is 11.3. The summed E-state index contributed by atoms with van der Waals surface area (Å²) in [5.74, 6) is -0.512. The minimum Gasteiger partial charge on any atom is -0.356 e. The number of nitrogens with zero attached hydrogens (tertiary/aromatic N) is 2. The molecule has 2 saturated heterocycles. The van der Waals surface area contributed by atoms with Gasteiger partial charge in [-0.25, -0.2) is 14.8 Å². The van der Waals surface area contributed by atoms with Gasteiger partial charge in [-0.1, -0.05) is 44.2 Å². The zero-order valence-corrected chi connectivity index (χ0v) is 18.6. The van der Waals surface area contributed by atoms with Crippen LogP contribution in [-0.2, 0) is 16.1 Å². The van der Waals surface area contributed by atoms with Crippen LogP contribution in [0.15, 0.2) is 54.6 Å². The minimum absolute atomic E-state index is 0.0232. The van der Waals surface area contributed by atoms with Gasteiger partial charge in [0.05, 0.1) is 23.6 Å². The fourth-order valence-electron chi connectivity index (χ4n) is 4.55.